The van der Waals surface area contributed by atoms with Gasteiger partial charge >= 0.3 is 17.1 Å². The van der Waals surface area contributed by atoms with E-state index in [9.17, 15) is 0 Å². The second-order valence-corrected chi connectivity index (χ2v) is 4.44. The van der Waals surface area contributed by atoms with Crippen LogP contribution in [0, 0.1) is 0 Å². The second-order valence-electron chi connectivity index (χ2n) is 3.62. The van der Waals surface area contributed by atoms with Crippen molar-refractivity contribution < 1.29 is 34.6 Å². The third kappa shape index (κ3) is 4.52. The summed E-state index contributed by atoms with van der Waals surface area (Å²) in [6.07, 6.45) is 3.62. The third-order valence-electron chi connectivity index (χ3n) is 2.35. The molecule has 20 heavy (non-hydrogen) atoms. The van der Waals surface area contributed by atoms with Crippen LogP contribution in [0.3, 0.4) is 0 Å². The first-order chi connectivity index (χ1) is 8.95. The summed E-state index contributed by atoms with van der Waals surface area (Å²) in [5.41, 5.74) is 2.02. The first-order valence-electron chi connectivity index (χ1n) is 5.20. The Balaban J connectivity index is 0.000000293. The first-order valence-corrected chi connectivity index (χ1v) is 6.53. The Kier molecular flexibility index (Phi) is 5.55. The molecule has 0 spiro atoms. The molecule has 3 aromatic rings. The van der Waals surface area contributed by atoms with Crippen LogP contribution in [0.2, 0.25) is 0 Å². The molecule has 104 valence electrons. The van der Waals surface area contributed by atoms with Crippen molar-refractivity contribution >= 4 is 32.2 Å². The molecule has 1 aromatic carbocycles. The smallest absolute Gasteiger partial charge is 0.759 e. The Hall–Kier alpha value is -1.57. The van der Waals surface area contributed by atoms with Crippen LogP contribution in [0.25, 0.3) is 21.8 Å². The SMILES string of the molecule is O=S(=O)([O-])[O-].[Fe+2].c1cnc2c(c1)ccc1ncccc12. The molecule has 0 aliphatic rings. The van der Waals surface area contributed by atoms with Gasteiger partial charge in [-0.2, -0.15) is 0 Å². The molecule has 0 aliphatic heterocycles. The minimum absolute atomic E-state index is 0. The van der Waals surface area contributed by atoms with Crippen molar-refractivity contribution in [2.45, 2.75) is 0 Å². The van der Waals surface area contributed by atoms with Gasteiger partial charge in [-0.3, -0.25) is 18.4 Å². The molecular weight excluding hydrogens is 324 g/mol. The molecule has 0 saturated heterocycles. The molecule has 0 aliphatic carbocycles. The number of rotatable bonds is 0. The average molecular weight is 332 g/mol. The molecule has 2 heterocycles. The summed E-state index contributed by atoms with van der Waals surface area (Å²) in [5.74, 6) is 0. The van der Waals surface area contributed by atoms with Gasteiger partial charge in [-0.15, -0.1) is 0 Å². The zero-order valence-electron chi connectivity index (χ0n) is 9.91. The molecule has 8 heteroatoms. The molecule has 0 amide bonds. The van der Waals surface area contributed by atoms with E-state index in [2.05, 4.69) is 28.2 Å². The minimum Gasteiger partial charge on any atom is -0.759 e. The maximum Gasteiger partial charge on any atom is 2.00 e. The third-order valence-corrected chi connectivity index (χ3v) is 2.35. The molecule has 3 rings (SSSR count). The topological polar surface area (TPSA) is 106 Å². The second kappa shape index (κ2) is 6.74. The normalized spacial score (nSPS) is 10.5. The van der Waals surface area contributed by atoms with Crippen LogP contribution >= 0.6 is 0 Å². The van der Waals surface area contributed by atoms with Gasteiger partial charge in [0.1, 0.15) is 0 Å². The number of aromatic nitrogens is 2. The molecule has 0 atom stereocenters. The number of nitrogens with zero attached hydrogens (tertiary/aromatic N) is 2. The van der Waals surface area contributed by atoms with Gasteiger partial charge in [-0.1, -0.05) is 12.1 Å². The summed E-state index contributed by atoms with van der Waals surface area (Å²) in [7, 11) is -5.17. The van der Waals surface area contributed by atoms with Crippen molar-refractivity contribution in [3.63, 3.8) is 0 Å². The fourth-order valence-electron chi connectivity index (χ4n) is 1.70. The molecule has 0 radical (unpaired) electrons. The van der Waals surface area contributed by atoms with Gasteiger partial charge in [0.15, 0.2) is 0 Å². The fraction of sp³-hybridized carbons (Fsp3) is 0. The molecule has 0 N–H and O–H groups in total. The van der Waals surface area contributed by atoms with Crippen LogP contribution in [-0.4, -0.2) is 27.5 Å². The molecule has 0 unspecified atom stereocenters. The van der Waals surface area contributed by atoms with Crippen LogP contribution in [0.15, 0.2) is 48.8 Å². The van der Waals surface area contributed by atoms with Crippen molar-refractivity contribution in [3.8, 4) is 0 Å². The van der Waals surface area contributed by atoms with E-state index in [0.29, 0.717) is 0 Å². The monoisotopic (exact) mass is 332 g/mol. The van der Waals surface area contributed by atoms with Crippen LogP contribution in [0.5, 0.6) is 0 Å². The number of benzene rings is 1. The quantitative estimate of drug-likeness (QED) is 0.267. The maximum atomic E-state index is 8.52. The van der Waals surface area contributed by atoms with E-state index in [1.165, 1.54) is 0 Å². The summed E-state index contributed by atoms with van der Waals surface area (Å²) in [6.45, 7) is 0. The number of hydrogen-bond donors (Lipinski definition) is 0. The zero-order chi connectivity index (χ0) is 13.9. The Labute approximate surface area is 125 Å². The summed E-state index contributed by atoms with van der Waals surface area (Å²) in [5, 5.41) is 2.28. The van der Waals surface area contributed by atoms with E-state index in [4.69, 9.17) is 17.5 Å². The molecule has 0 bridgehead atoms. The summed E-state index contributed by atoms with van der Waals surface area (Å²) in [4.78, 5) is 8.66. The van der Waals surface area contributed by atoms with Crippen LogP contribution < -0.4 is 0 Å². The van der Waals surface area contributed by atoms with Gasteiger partial charge in [0.05, 0.1) is 11.0 Å². The van der Waals surface area contributed by atoms with Crippen molar-refractivity contribution in [3.05, 3.63) is 48.8 Å². The number of pyridine rings is 2. The Morgan fingerprint density at radius 1 is 0.900 bits per heavy atom. The first kappa shape index (κ1) is 16.5. The Morgan fingerprint density at radius 3 is 2.20 bits per heavy atom. The molecule has 2 aromatic heterocycles. The fourth-order valence-corrected chi connectivity index (χ4v) is 1.70. The van der Waals surface area contributed by atoms with E-state index in [-0.39, 0.29) is 17.1 Å². The van der Waals surface area contributed by atoms with Crippen LogP contribution in [0.4, 0.5) is 0 Å². The van der Waals surface area contributed by atoms with Gasteiger partial charge in [-0.05, 0) is 24.3 Å². The van der Waals surface area contributed by atoms with Gasteiger partial charge in [0.2, 0.25) is 0 Å². The Bertz CT molecular complexity index is 761. The maximum absolute atomic E-state index is 8.52. The number of fused-ring (bicyclic) bond motifs is 3. The summed E-state index contributed by atoms with van der Waals surface area (Å²) in [6, 6.07) is 12.1. The van der Waals surface area contributed by atoms with E-state index >= 15 is 0 Å². The van der Waals surface area contributed by atoms with Gasteiger partial charge in [-0.25, -0.2) is 0 Å². The van der Waals surface area contributed by atoms with Gasteiger partial charge in [0.25, 0.3) is 0 Å². The largest absolute Gasteiger partial charge is 2.00 e. The zero-order valence-corrected chi connectivity index (χ0v) is 11.8. The van der Waals surface area contributed by atoms with Crippen molar-refractivity contribution in [1.29, 1.82) is 0 Å². The van der Waals surface area contributed by atoms with E-state index in [1.54, 1.807) is 6.20 Å². The molecule has 0 fully saturated rings. The van der Waals surface area contributed by atoms with Gasteiger partial charge in [0, 0.05) is 33.6 Å². The predicted octanol–water partition coefficient (Wildman–Crippen LogP) is 1.44. The summed E-state index contributed by atoms with van der Waals surface area (Å²) >= 11 is 0. The number of hydrogen-bond acceptors (Lipinski definition) is 6. The standard InChI is InChI=1S/C12H8N2.Fe.H2O4S/c1-3-9-5-6-11-10(4-2-7-13-11)12(9)14-8-1;;1-5(2,3)4/h1-8H;;(H2,1,2,3,4)/q;+2;/p-2. The Morgan fingerprint density at radius 2 is 1.50 bits per heavy atom. The van der Waals surface area contributed by atoms with Crippen LogP contribution in [-0.2, 0) is 27.5 Å². The predicted molar refractivity (Wildman–Crippen MR) is 67.5 cm³/mol. The van der Waals surface area contributed by atoms with Gasteiger partial charge < -0.3 is 9.11 Å². The summed E-state index contributed by atoms with van der Waals surface area (Å²) < 4.78 is 34.1. The van der Waals surface area contributed by atoms with Crippen molar-refractivity contribution in [1.82, 2.24) is 9.97 Å². The molecular formula is C12H8FeN2O4S. The average Bonchev–Trinajstić information content (AvgIpc) is 2.37. The molecule has 0 saturated carbocycles. The minimum atomic E-state index is -5.17. The van der Waals surface area contributed by atoms with E-state index in [0.717, 1.165) is 21.8 Å². The van der Waals surface area contributed by atoms with Crippen molar-refractivity contribution in [2.24, 2.45) is 0 Å². The van der Waals surface area contributed by atoms with E-state index in [1.807, 2.05) is 24.4 Å². The molecule has 6 nitrogen and oxygen atoms in total. The van der Waals surface area contributed by atoms with Crippen molar-refractivity contribution in [2.75, 3.05) is 0 Å². The van der Waals surface area contributed by atoms with Crippen LogP contribution in [0.1, 0.15) is 0 Å². The van der Waals surface area contributed by atoms with E-state index < -0.39 is 10.4 Å².